The number of hydrogen-bond donors (Lipinski definition) is 0. The molecule has 1 saturated heterocycles. The van der Waals surface area contributed by atoms with Gasteiger partial charge in [-0.1, -0.05) is 0 Å². The van der Waals surface area contributed by atoms with Crippen LogP contribution in [-0.4, -0.2) is 38.5 Å². The van der Waals surface area contributed by atoms with Gasteiger partial charge >= 0.3 is 0 Å². The fraction of sp³-hybridized carbons (Fsp3) is 0.692. The van der Waals surface area contributed by atoms with E-state index in [2.05, 4.69) is 0 Å². The van der Waals surface area contributed by atoms with Crippen LogP contribution in [-0.2, 0) is 20.6 Å². The Morgan fingerprint density at radius 1 is 1.55 bits per heavy atom. The summed E-state index contributed by atoms with van der Waals surface area (Å²) in [7, 11) is -3.46. The first-order valence-electron chi connectivity index (χ1n) is 6.75. The number of rotatable bonds is 5. The minimum Gasteiger partial charge on any atom is -0.377 e. The summed E-state index contributed by atoms with van der Waals surface area (Å²) in [5.41, 5.74) is 0.782. The van der Waals surface area contributed by atoms with Crippen LogP contribution >= 0.6 is 22.9 Å². The molecule has 7 heteroatoms. The maximum atomic E-state index is 12.8. The first kappa shape index (κ1) is 16.2. The standard InChI is InChI=1S/C13H20ClNO3S2/c1-3-18-11-5-4-6-15(8-11)20(16,17)13-10(2)9-19-12(13)7-14/h9,11H,3-8H2,1-2H3. The summed E-state index contributed by atoms with van der Waals surface area (Å²) in [5.74, 6) is 0.232. The van der Waals surface area contributed by atoms with E-state index < -0.39 is 10.0 Å². The van der Waals surface area contributed by atoms with Gasteiger partial charge in [-0.15, -0.1) is 22.9 Å². The van der Waals surface area contributed by atoms with Gasteiger partial charge in [0.1, 0.15) is 4.90 Å². The van der Waals surface area contributed by atoms with E-state index in [0.29, 0.717) is 24.6 Å². The maximum Gasteiger partial charge on any atom is 0.244 e. The van der Waals surface area contributed by atoms with Gasteiger partial charge in [0.05, 0.1) is 12.0 Å². The SMILES string of the molecule is CCOC1CCCN(S(=O)(=O)c2c(C)csc2CCl)C1. The Balaban J connectivity index is 2.27. The zero-order chi connectivity index (χ0) is 14.8. The van der Waals surface area contributed by atoms with Gasteiger partial charge in [-0.05, 0) is 37.6 Å². The van der Waals surface area contributed by atoms with Crippen molar-refractivity contribution in [2.24, 2.45) is 0 Å². The number of nitrogens with zero attached hydrogens (tertiary/aromatic N) is 1. The predicted octanol–water partition coefficient (Wildman–Crippen LogP) is 2.98. The summed E-state index contributed by atoms with van der Waals surface area (Å²) in [6.45, 7) is 5.37. The number of alkyl halides is 1. The first-order chi connectivity index (χ1) is 9.50. The Hall–Kier alpha value is -0.140. The largest absolute Gasteiger partial charge is 0.377 e. The summed E-state index contributed by atoms with van der Waals surface area (Å²) in [5, 5.41) is 1.86. The van der Waals surface area contributed by atoms with Crippen LogP contribution in [0, 0.1) is 6.92 Å². The van der Waals surface area contributed by atoms with E-state index in [-0.39, 0.29) is 12.0 Å². The van der Waals surface area contributed by atoms with E-state index in [0.717, 1.165) is 23.3 Å². The molecule has 1 aromatic rings. The van der Waals surface area contributed by atoms with Crippen LogP contribution in [0.15, 0.2) is 10.3 Å². The second-order valence-electron chi connectivity index (χ2n) is 4.89. The molecular formula is C13H20ClNO3S2. The average molecular weight is 338 g/mol. The third-order valence-electron chi connectivity index (χ3n) is 3.45. The number of ether oxygens (including phenoxy) is 1. The van der Waals surface area contributed by atoms with E-state index in [1.165, 1.54) is 11.3 Å². The second kappa shape index (κ2) is 6.75. The summed E-state index contributed by atoms with van der Waals surface area (Å²) >= 11 is 7.28. The van der Waals surface area contributed by atoms with Gasteiger partial charge in [0.25, 0.3) is 0 Å². The monoisotopic (exact) mass is 337 g/mol. The molecule has 1 aliphatic heterocycles. The molecule has 1 unspecified atom stereocenters. The average Bonchev–Trinajstić information content (AvgIpc) is 2.81. The molecule has 0 radical (unpaired) electrons. The highest BCUT2D eigenvalue weighted by Crippen LogP contribution is 2.32. The predicted molar refractivity (Wildman–Crippen MR) is 82.0 cm³/mol. The molecule has 4 nitrogen and oxygen atoms in total. The van der Waals surface area contributed by atoms with Crippen molar-refractivity contribution in [3.63, 3.8) is 0 Å². The highest BCUT2D eigenvalue weighted by atomic mass is 35.5. The molecule has 20 heavy (non-hydrogen) atoms. The van der Waals surface area contributed by atoms with Crippen molar-refractivity contribution >= 4 is 33.0 Å². The third-order valence-corrected chi connectivity index (χ3v) is 7.21. The van der Waals surface area contributed by atoms with Crippen LogP contribution in [0.25, 0.3) is 0 Å². The van der Waals surface area contributed by atoms with Crippen LogP contribution in [0.3, 0.4) is 0 Å². The molecule has 0 N–H and O–H groups in total. The minimum absolute atomic E-state index is 0.00178. The van der Waals surface area contributed by atoms with E-state index in [1.54, 1.807) is 4.31 Å². The van der Waals surface area contributed by atoms with Crippen LogP contribution in [0.2, 0.25) is 0 Å². The van der Waals surface area contributed by atoms with Crippen molar-refractivity contribution in [3.05, 3.63) is 15.8 Å². The summed E-state index contributed by atoms with van der Waals surface area (Å²) in [6.07, 6.45) is 1.76. The zero-order valence-corrected chi connectivity index (χ0v) is 14.2. The summed E-state index contributed by atoms with van der Waals surface area (Å²) in [4.78, 5) is 1.12. The van der Waals surface area contributed by atoms with Crippen LogP contribution in [0.1, 0.15) is 30.2 Å². The summed E-state index contributed by atoms with van der Waals surface area (Å²) in [6, 6.07) is 0. The number of aryl methyl sites for hydroxylation is 1. The number of piperidine rings is 1. The molecule has 0 aliphatic carbocycles. The van der Waals surface area contributed by atoms with Crippen molar-refractivity contribution in [1.82, 2.24) is 4.31 Å². The van der Waals surface area contributed by atoms with Gasteiger partial charge < -0.3 is 4.74 Å². The molecule has 0 aromatic carbocycles. The maximum absolute atomic E-state index is 12.8. The normalized spacial score (nSPS) is 21.2. The minimum atomic E-state index is -3.46. The number of thiophene rings is 1. The molecule has 0 amide bonds. The lowest BCUT2D eigenvalue weighted by Gasteiger charge is -2.31. The fourth-order valence-electron chi connectivity index (χ4n) is 2.55. The molecule has 0 bridgehead atoms. The third kappa shape index (κ3) is 3.20. The van der Waals surface area contributed by atoms with Gasteiger partial charge in [0, 0.05) is 24.6 Å². The number of halogens is 1. The molecule has 2 rings (SSSR count). The van der Waals surface area contributed by atoms with Crippen molar-refractivity contribution in [3.8, 4) is 0 Å². The summed E-state index contributed by atoms with van der Waals surface area (Å²) < 4.78 is 32.8. The van der Waals surface area contributed by atoms with Crippen LogP contribution in [0.5, 0.6) is 0 Å². The number of hydrogen-bond acceptors (Lipinski definition) is 4. The molecule has 0 saturated carbocycles. The van der Waals surface area contributed by atoms with E-state index in [1.807, 2.05) is 19.2 Å². The first-order valence-corrected chi connectivity index (χ1v) is 9.60. The quantitative estimate of drug-likeness (QED) is 0.776. The van der Waals surface area contributed by atoms with E-state index in [9.17, 15) is 8.42 Å². The van der Waals surface area contributed by atoms with Crippen molar-refractivity contribution in [2.45, 2.75) is 43.6 Å². The Kier molecular flexibility index (Phi) is 5.48. The van der Waals surface area contributed by atoms with Gasteiger partial charge in [-0.25, -0.2) is 8.42 Å². The second-order valence-corrected chi connectivity index (χ2v) is 7.99. The lowest BCUT2D eigenvalue weighted by Crippen LogP contribution is -2.43. The lowest BCUT2D eigenvalue weighted by molar-refractivity contribution is 0.0265. The van der Waals surface area contributed by atoms with Crippen LogP contribution < -0.4 is 0 Å². The molecule has 1 aromatic heterocycles. The zero-order valence-electron chi connectivity index (χ0n) is 11.8. The Bertz CT molecular complexity index is 554. The van der Waals surface area contributed by atoms with Crippen molar-refractivity contribution < 1.29 is 13.2 Å². The smallest absolute Gasteiger partial charge is 0.244 e. The highest BCUT2D eigenvalue weighted by Gasteiger charge is 2.33. The van der Waals surface area contributed by atoms with Crippen LogP contribution in [0.4, 0.5) is 0 Å². The Morgan fingerprint density at radius 3 is 2.95 bits per heavy atom. The molecule has 114 valence electrons. The molecule has 1 aliphatic rings. The van der Waals surface area contributed by atoms with Gasteiger partial charge in [-0.2, -0.15) is 4.31 Å². The Morgan fingerprint density at radius 2 is 2.30 bits per heavy atom. The molecule has 2 heterocycles. The molecule has 1 atom stereocenters. The van der Waals surface area contributed by atoms with E-state index in [4.69, 9.17) is 16.3 Å². The van der Waals surface area contributed by atoms with E-state index >= 15 is 0 Å². The van der Waals surface area contributed by atoms with Gasteiger partial charge in [0.15, 0.2) is 0 Å². The highest BCUT2D eigenvalue weighted by molar-refractivity contribution is 7.89. The molecular weight excluding hydrogens is 318 g/mol. The fourth-order valence-corrected chi connectivity index (χ4v) is 6.07. The topological polar surface area (TPSA) is 46.6 Å². The number of sulfonamides is 1. The molecule has 1 fully saturated rings. The Labute approximate surface area is 129 Å². The lowest BCUT2D eigenvalue weighted by atomic mass is 10.1. The molecule has 0 spiro atoms. The van der Waals surface area contributed by atoms with Gasteiger partial charge in [0.2, 0.25) is 10.0 Å². The van der Waals surface area contributed by atoms with Crippen molar-refractivity contribution in [2.75, 3.05) is 19.7 Å². The van der Waals surface area contributed by atoms with Crippen molar-refractivity contribution in [1.29, 1.82) is 0 Å². The van der Waals surface area contributed by atoms with Gasteiger partial charge in [-0.3, -0.25) is 0 Å².